The monoisotopic (exact) mass is 462 g/mol. The molecule has 2 aliphatic rings. The Morgan fingerprint density at radius 1 is 0.794 bits per heavy atom. The lowest BCUT2D eigenvalue weighted by molar-refractivity contribution is -0.191. The topological polar surface area (TPSA) is 18.5 Å². The molecule has 1 aliphatic carbocycles. The Morgan fingerprint density at radius 2 is 1.53 bits per heavy atom. The fraction of sp³-hybridized carbons (Fsp3) is 0.625. The van der Waals surface area contributed by atoms with Crippen LogP contribution in [0.5, 0.6) is 0 Å². The van der Waals surface area contributed by atoms with Crippen molar-refractivity contribution in [2.24, 2.45) is 0 Å². The van der Waals surface area contributed by atoms with Gasteiger partial charge in [0.15, 0.2) is 6.29 Å². The Kier molecular flexibility index (Phi) is 9.65. The van der Waals surface area contributed by atoms with Gasteiger partial charge in [-0.15, -0.1) is 0 Å². The molecule has 34 heavy (non-hydrogen) atoms. The fourth-order valence-corrected chi connectivity index (χ4v) is 5.93. The number of ether oxygens (including phenoxy) is 2. The first-order valence-corrected chi connectivity index (χ1v) is 14.1. The van der Waals surface area contributed by atoms with E-state index in [4.69, 9.17) is 9.47 Å². The van der Waals surface area contributed by atoms with E-state index in [1.165, 1.54) is 87.3 Å². The van der Waals surface area contributed by atoms with E-state index >= 15 is 0 Å². The summed E-state index contributed by atoms with van der Waals surface area (Å²) in [6.07, 6.45) is 14.1. The van der Waals surface area contributed by atoms with Crippen LogP contribution in [0.4, 0.5) is 0 Å². The highest BCUT2D eigenvalue weighted by Crippen LogP contribution is 2.40. The van der Waals surface area contributed by atoms with Gasteiger partial charge in [0, 0.05) is 11.5 Å². The number of hydrogen-bond acceptors (Lipinski definition) is 2. The van der Waals surface area contributed by atoms with Crippen molar-refractivity contribution in [2.45, 2.75) is 115 Å². The molecule has 2 aromatic carbocycles. The Bertz CT molecular complexity index is 857. The van der Waals surface area contributed by atoms with Crippen LogP contribution in [-0.2, 0) is 15.9 Å². The van der Waals surface area contributed by atoms with Gasteiger partial charge in [0.05, 0.1) is 13.2 Å². The average molecular weight is 463 g/mol. The minimum Gasteiger partial charge on any atom is -0.348 e. The van der Waals surface area contributed by atoms with Crippen LogP contribution in [0.15, 0.2) is 42.5 Å². The molecular weight excluding hydrogens is 416 g/mol. The van der Waals surface area contributed by atoms with Gasteiger partial charge in [0.2, 0.25) is 0 Å². The van der Waals surface area contributed by atoms with Crippen molar-refractivity contribution in [3.8, 4) is 0 Å². The van der Waals surface area contributed by atoms with Gasteiger partial charge in [-0.2, -0.15) is 0 Å². The van der Waals surface area contributed by atoms with Crippen LogP contribution in [0.25, 0.3) is 0 Å². The van der Waals surface area contributed by atoms with Crippen LogP contribution in [0, 0.1) is 0 Å². The van der Waals surface area contributed by atoms with E-state index in [0.717, 1.165) is 18.8 Å². The third kappa shape index (κ3) is 6.52. The summed E-state index contributed by atoms with van der Waals surface area (Å²) in [4.78, 5) is 0. The molecule has 0 radical (unpaired) electrons. The molecule has 1 saturated heterocycles. The van der Waals surface area contributed by atoms with Gasteiger partial charge in [-0.3, -0.25) is 0 Å². The van der Waals surface area contributed by atoms with Crippen molar-refractivity contribution in [3.63, 3.8) is 0 Å². The molecular formula is C32H46O2. The zero-order valence-corrected chi connectivity index (χ0v) is 21.9. The molecule has 0 N–H and O–H groups in total. The summed E-state index contributed by atoms with van der Waals surface area (Å²) in [6.45, 7) is 8.42. The third-order valence-corrected chi connectivity index (χ3v) is 8.10. The summed E-state index contributed by atoms with van der Waals surface area (Å²) in [5.41, 5.74) is 7.14. The van der Waals surface area contributed by atoms with E-state index in [1.54, 1.807) is 5.56 Å². The number of unbranched alkanes of at least 4 members (excludes halogenated alkanes) is 2. The third-order valence-electron chi connectivity index (χ3n) is 8.10. The van der Waals surface area contributed by atoms with E-state index in [1.807, 2.05) is 0 Å². The minimum absolute atomic E-state index is 0.233. The molecule has 0 bridgehead atoms. The predicted molar refractivity (Wildman–Crippen MR) is 143 cm³/mol. The normalized spacial score (nSPS) is 22.6. The van der Waals surface area contributed by atoms with Crippen molar-refractivity contribution in [3.05, 3.63) is 70.3 Å². The lowest BCUT2D eigenvalue weighted by Crippen LogP contribution is -2.27. The first-order valence-electron chi connectivity index (χ1n) is 14.1. The van der Waals surface area contributed by atoms with Crippen molar-refractivity contribution < 1.29 is 9.47 Å². The van der Waals surface area contributed by atoms with Gasteiger partial charge in [0.25, 0.3) is 0 Å². The van der Waals surface area contributed by atoms with E-state index in [-0.39, 0.29) is 6.29 Å². The fourth-order valence-electron chi connectivity index (χ4n) is 5.93. The molecule has 1 saturated carbocycles. The van der Waals surface area contributed by atoms with Crippen LogP contribution in [0.2, 0.25) is 0 Å². The molecule has 1 heterocycles. The average Bonchev–Trinajstić information content (AvgIpc) is 2.90. The predicted octanol–water partition coefficient (Wildman–Crippen LogP) is 9.20. The molecule has 2 aromatic rings. The quantitative estimate of drug-likeness (QED) is 0.328. The number of aryl methyl sites for hydroxylation is 1. The van der Waals surface area contributed by atoms with Gasteiger partial charge >= 0.3 is 0 Å². The summed E-state index contributed by atoms with van der Waals surface area (Å²) < 4.78 is 12.6. The second kappa shape index (κ2) is 12.9. The molecule has 0 spiro atoms. The lowest BCUT2D eigenvalue weighted by Gasteiger charge is -2.33. The molecule has 2 heteroatoms. The van der Waals surface area contributed by atoms with Crippen molar-refractivity contribution in [1.29, 1.82) is 0 Å². The standard InChI is InChI=1S/C32H46O2/c1-4-6-8-12-25-15-17-27(18-16-25)32-33-22-29(23-34-32)30-20-19-28(24(3)11-5-2)21-31(30)26-13-9-7-10-14-26/h15-21,24,26,29,32H,4-14,22-23H2,1-3H3. The zero-order chi connectivity index (χ0) is 23.8. The SMILES string of the molecule is CCCCCc1ccc(C2OCC(c3ccc(C(C)CCC)cc3C3CCCCC3)CO2)cc1. The van der Waals surface area contributed by atoms with Crippen LogP contribution in [0.3, 0.4) is 0 Å². The highest BCUT2D eigenvalue weighted by Gasteiger charge is 2.29. The molecule has 2 fully saturated rings. The summed E-state index contributed by atoms with van der Waals surface area (Å²) in [5.74, 6) is 1.67. The van der Waals surface area contributed by atoms with Crippen LogP contribution < -0.4 is 0 Å². The van der Waals surface area contributed by atoms with Crippen molar-refractivity contribution >= 4 is 0 Å². The maximum absolute atomic E-state index is 6.31. The first-order chi connectivity index (χ1) is 16.7. The van der Waals surface area contributed by atoms with Crippen molar-refractivity contribution in [1.82, 2.24) is 0 Å². The second-order valence-electron chi connectivity index (χ2n) is 10.8. The molecule has 1 unspecified atom stereocenters. The van der Waals surface area contributed by atoms with Crippen molar-refractivity contribution in [2.75, 3.05) is 13.2 Å². The van der Waals surface area contributed by atoms with E-state index in [2.05, 4.69) is 63.2 Å². The molecule has 1 aliphatic heterocycles. The molecule has 186 valence electrons. The highest BCUT2D eigenvalue weighted by molar-refractivity contribution is 5.39. The van der Waals surface area contributed by atoms with Gasteiger partial charge in [0.1, 0.15) is 0 Å². The van der Waals surface area contributed by atoms with E-state index in [9.17, 15) is 0 Å². The second-order valence-corrected chi connectivity index (χ2v) is 10.8. The first kappa shape index (κ1) is 25.5. The maximum atomic E-state index is 6.31. The van der Waals surface area contributed by atoms with Crippen LogP contribution >= 0.6 is 0 Å². The molecule has 1 atom stereocenters. The van der Waals surface area contributed by atoms with E-state index in [0.29, 0.717) is 17.8 Å². The summed E-state index contributed by atoms with van der Waals surface area (Å²) in [6, 6.07) is 16.2. The highest BCUT2D eigenvalue weighted by atomic mass is 16.7. The van der Waals surface area contributed by atoms with Gasteiger partial charge in [-0.05, 0) is 66.2 Å². The number of benzene rings is 2. The molecule has 0 amide bonds. The van der Waals surface area contributed by atoms with E-state index < -0.39 is 0 Å². The van der Waals surface area contributed by atoms with Gasteiger partial charge in [-0.1, -0.05) is 102 Å². The maximum Gasteiger partial charge on any atom is 0.183 e. The Hall–Kier alpha value is -1.64. The summed E-state index contributed by atoms with van der Waals surface area (Å²) >= 11 is 0. The number of rotatable bonds is 10. The lowest BCUT2D eigenvalue weighted by atomic mass is 9.78. The Balaban J connectivity index is 1.43. The molecule has 0 aromatic heterocycles. The number of hydrogen-bond donors (Lipinski definition) is 0. The summed E-state index contributed by atoms with van der Waals surface area (Å²) in [7, 11) is 0. The molecule has 4 rings (SSSR count). The van der Waals surface area contributed by atoms with Crippen LogP contribution in [-0.4, -0.2) is 13.2 Å². The Labute approximate surface area is 208 Å². The minimum atomic E-state index is -0.233. The summed E-state index contributed by atoms with van der Waals surface area (Å²) in [5, 5.41) is 0. The Morgan fingerprint density at radius 3 is 2.21 bits per heavy atom. The smallest absolute Gasteiger partial charge is 0.183 e. The van der Waals surface area contributed by atoms with Gasteiger partial charge < -0.3 is 9.47 Å². The van der Waals surface area contributed by atoms with Gasteiger partial charge in [-0.25, -0.2) is 0 Å². The molecule has 2 nitrogen and oxygen atoms in total. The largest absolute Gasteiger partial charge is 0.348 e. The zero-order valence-electron chi connectivity index (χ0n) is 21.9. The van der Waals surface area contributed by atoms with Crippen LogP contribution in [0.1, 0.15) is 137 Å².